The van der Waals surface area contributed by atoms with E-state index >= 15 is 0 Å². The Morgan fingerprint density at radius 1 is 1.86 bits per heavy atom. The fourth-order valence-corrected chi connectivity index (χ4v) is 1.24. The van der Waals surface area contributed by atoms with Crippen LogP contribution in [0.25, 0.3) is 0 Å². The number of alkyl halides is 1. The van der Waals surface area contributed by atoms with Gasteiger partial charge in [-0.25, -0.2) is 9.37 Å². The van der Waals surface area contributed by atoms with E-state index in [2.05, 4.69) is 15.0 Å². The molecule has 0 aliphatic heterocycles. The van der Waals surface area contributed by atoms with Crippen LogP contribution in [-0.2, 0) is 9.63 Å². The molecular formula is C6H6FN4O2S. The Labute approximate surface area is 82.4 Å². The maximum atomic E-state index is 11.6. The molecule has 0 spiro atoms. The first-order valence-electron chi connectivity index (χ1n) is 3.38. The number of anilines is 1. The second-order valence-corrected chi connectivity index (χ2v) is 2.97. The summed E-state index contributed by atoms with van der Waals surface area (Å²) >= 11 is 1.08. The van der Waals surface area contributed by atoms with Crippen LogP contribution in [0.15, 0.2) is 10.5 Å². The Balaban J connectivity index is 2.94. The number of nitrogens with two attached hydrogens (primary N) is 1. The molecule has 3 N–H and O–H groups in total. The number of hydrogen-bond acceptors (Lipinski definition) is 6. The summed E-state index contributed by atoms with van der Waals surface area (Å²) < 4.78 is 11.6. The molecule has 0 saturated carbocycles. The predicted octanol–water partition coefficient (Wildman–Crippen LogP) is 0.182. The van der Waals surface area contributed by atoms with Crippen LogP contribution in [0.2, 0.25) is 0 Å². The molecule has 1 rings (SSSR count). The van der Waals surface area contributed by atoms with Crippen molar-refractivity contribution in [1.29, 1.82) is 0 Å². The SMILES string of the molecule is [NH]C(=O)C(=NOCF)c1csc(N)n1. The number of rotatable bonds is 4. The van der Waals surface area contributed by atoms with Gasteiger partial charge >= 0.3 is 0 Å². The van der Waals surface area contributed by atoms with Gasteiger partial charge < -0.3 is 10.6 Å². The second-order valence-electron chi connectivity index (χ2n) is 2.08. The molecule has 1 heterocycles. The number of halogens is 1. The predicted molar refractivity (Wildman–Crippen MR) is 48.2 cm³/mol. The highest BCUT2D eigenvalue weighted by molar-refractivity contribution is 7.13. The van der Waals surface area contributed by atoms with E-state index in [1.807, 2.05) is 0 Å². The first-order chi connectivity index (χ1) is 6.65. The molecular weight excluding hydrogens is 211 g/mol. The summed E-state index contributed by atoms with van der Waals surface area (Å²) in [6.07, 6.45) is 0. The minimum atomic E-state index is -1.17. The van der Waals surface area contributed by atoms with Crippen molar-refractivity contribution < 1.29 is 14.0 Å². The van der Waals surface area contributed by atoms with Crippen LogP contribution in [0.3, 0.4) is 0 Å². The summed E-state index contributed by atoms with van der Waals surface area (Å²) in [5.41, 5.74) is 11.9. The molecule has 1 radical (unpaired) electrons. The topological polar surface area (TPSA) is 101 Å². The number of carbonyl (C=O) groups is 1. The van der Waals surface area contributed by atoms with E-state index in [4.69, 9.17) is 11.5 Å². The maximum absolute atomic E-state index is 11.6. The number of nitrogens with one attached hydrogen (secondary N) is 1. The van der Waals surface area contributed by atoms with Gasteiger partial charge in [0.15, 0.2) is 10.8 Å². The molecule has 8 heteroatoms. The summed E-state index contributed by atoms with van der Waals surface area (Å²) in [5, 5.41) is 4.78. The van der Waals surface area contributed by atoms with Crippen LogP contribution >= 0.6 is 11.3 Å². The zero-order valence-corrected chi connectivity index (χ0v) is 7.68. The van der Waals surface area contributed by atoms with Crippen molar-refractivity contribution in [2.45, 2.75) is 0 Å². The van der Waals surface area contributed by atoms with Gasteiger partial charge in [0.25, 0.3) is 12.8 Å². The first kappa shape index (κ1) is 10.4. The summed E-state index contributed by atoms with van der Waals surface area (Å²) in [7, 11) is 0. The van der Waals surface area contributed by atoms with Crippen LogP contribution in [0.4, 0.5) is 9.52 Å². The normalized spacial score (nSPS) is 11.4. The lowest BCUT2D eigenvalue weighted by atomic mass is 10.3. The van der Waals surface area contributed by atoms with Gasteiger partial charge in [-0.3, -0.25) is 10.5 Å². The van der Waals surface area contributed by atoms with Crippen molar-refractivity contribution in [3.63, 3.8) is 0 Å². The van der Waals surface area contributed by atoms with E-state index in [1.54, 1.807) is 0 Å². The van der Waals surface area contributed by atoms with Gasteiger partial charge in [-0.2, -0.15) is 0 Å². The number of carbonyl (C=O) groups excluding carboxylic acids is 1. The number of amides is 1. The number of nitrogens with zero attached hydrogens (tertiary/aromatic N) is 2. The van der Waals surface area contributed by atoms with Gasteiger partial charge in [-0.15, -0.1) is 11.3 Å². The fourth-order valence-electron chi connectivity index (χ4n) is 0.690. The average molecular weight is 217 g/mol. The smallest absolute Gasteiger partial charge is 0.294 e. The molecule has 0 saturated heterocycles. The first-order valence-corrected chi connectivity index (χ1v) is 4.26. The molecule has 0 aliphatic carbocycles. The lowest BCUT2D eigenvalue weighted by molar-refractivity contribution is -0.112. The van der Waals surface area contributed by atoms with Gasteiger partial charge in [0.1, 0.15) is 5.69 Å². The highest BCUT2D eigenvalue weighted by atomic mass is 32.1. The molecule has 1 amide bonds. The molecule has 6 nitrogen and oxygen atoms in total. The van der Waals surface area contributed by atoms with E-state index < -0.39 is 12.8 Å². The van der Waals surface area contributed by atoms with Crippen LogP contribution in [-0.4, -0.2) is 23.5 Å². The Kier molecular flexibility index (Phi) is 3.35. The highest BCUT2D eigenvalue weighted by Gasteiger charge is 2.15. The van der Waals surface area contributed by atoms with Gasteiger partial charge in [0.05, 0.1) is 0 Å². The van der Waals surface area contributed by atoms with E-state index in [1.165, 1.54) is 5.38 Å². The largest absolute Gasteiger partial charge is 0.375 e. The minimum absolute atomic E-state index is 0.112. The average Bonchev–Trinajstić information content (AvgIpc) is 2.52. The quantitative estimate of drug-likeness (QED) is 0.574. The number of aromatic nitrogens is 1. The van der Waals surface area contributed by atoms with Crippen molar-refractivity contribution in [1.82, 2.24) is 10.7 Å². The molecule has 0 bridgehead atoms. The van der Waals surface area contributed by atoms with Crippen molar-refractivity contribution in [3.8, 4) is 0 Å². The van der Waals surface area contributed by atoms with Crippen LogP contribution in [0, 0.1) is 0 Å². The van der Waals surface area contributed by atoms with Gasteiger partial charge in [0.2, 0.25) is 0 Å². The van der Waals surface area contributed by atoms with Gasteiger partial charge in [-0.05, 0) is 0 Å². The lowest BCUT2D eigenvalue weighted by Gasteiger charge is -1.95. The van der Waals surface area contributed by atoms with E-state index in [-0.39, 0.29) is 16.5 Å². The van der Waals surface area contributed by atoms with E-state index in [0.29, 0.717) is 0 Å². The lowest BCUT2D eigenvalue weighted by Crippen LogP contribution is -2.17. The molecule has 75 valence electrons. The highest BCUT2D eigenvalue weighted by Crippen LogP contribution is 2.12. The number of nitrogen functional groups attached to an aromatic ring is 1. The van der Waals surface area contributed by atoms with E-state index in [9.17, 15) is 9.18 Å². The van der Waals surface area contributed by atoms with Gasteiger partial charge in [0, 0.05) is 5.38 Å². The van der Waals surface area contributed by atoms with E-state index in [0.717, 1.165) is 11.3 Å². The number of hydrogen-bond donors (Lipinski definition) is 1. The Morgan fingerprint density at radius 2 is 2.57 bits per heavy atom. The van der Waals surface area contributed by atoms with Crippen molar-refractivity contribution in [3.05, 3.63) is 11.1 Å². The molecule has 0 atom stereocenters. The standard InChI is InChI=1S/C6H6FN4O2S/c7-2-13-11-4(5(8)12)3-1-14-6(9)10-3/h1,8H,2H2,(H2,9,10). The summed E-state index contributed by atoms with van der Waals surface area (Å²) in [4.78, 5) is 18.4. The third kappa shape index (κ3) is 2.39. The summed E-state index contributed by atoms with van der Waals surface area (Å²) in [6, 6.07) is 0. The summed E-state index contributed by atoms with van der Waals surface area (Å²) in [6.45, 7) is -1.17. The van der Waals surface area contributed by atoms with Crippen molar-refractivity contribution >= 4 is 28.1 Å². The fraction of sp³-hybridized carbons (Fsp3) is 0.167. The van der Waals surface area contributed by atoms with Crippen LogP contribution in [0.1, 0.15) is 5.69 Å². The monoisotopic (exact) mass is 217 g/mol. The van der Waals surface area contributed by atoms with Gasteiger partial charge in [-0.1, -0.05) is 5.16 Å². The number of oxime groups is 1. The zero-order chi connectivity index (χ0) is 10.6. The number of thiazole rings is 1. The zero-order valence-electron chi connectivity index (χ0n) is 6.86. The molecule has 0 fully saturated rings. The summed E-state index contributed by atoms with van der Waals surface area (Å²) in [5.74, 6) is -1.11. The molecule has 14 heavy (non-hydrogen) atoms. The third-order valence-electron chi connectivity index (χ3n) is 1.18. The molecule has 0 aromatic carbocycles. The molecule has 0 unspecified atom stereocenters. The van der Waals surface area contributed by atoms with Crippen LogP contribution in [0.5, 0.6) is 0 Å². The third-order valence-corrected chi connectivity index (χ3v) is 1.86. The Hall–Kier alpha value is -1.70. The Bertz CT molecular complexity index is 364. The van der Waals surface area contributed by atoms with Crippen molar-refractivity contribution in [2.75, 3.05) is 12.6 Å². The molecule has 1 aromatic heterocycles. The molecule has 0 aliphatic rings. The second kappa shape index (κ2) is 4.51. The Morgan fingerprint density at radius 3 is 3.00 bits per heavy atom. The van der Waals surface area contributed by atoms with Crippen LogP contribution < -0.4 is 11.5 Å². The minimum Gasteiger partial charge on any atom is -0.375 e. The van der Waals surface area contributed by atoms with Crippen molar-refractivity contribution in [2.24, 2.45) is 5.16 Å². The molecule has 1 aromatic rings. The maximum Gasteiger partial charge on any atom is 0.294 e.